The van der Waals surface area contributed by atoms with Crippen LogP contribution in [0.1, 0.15) is 71.6 Å². The van der Waals surface area contributed by atoms with E-state index < -0.39 is 17.8 Å². The first-order valence-electron chi connectivity index (χ1n) is 11.4. The number of fused-ring (bicyclic) bond motifs is 1. The fourth-order valence-electron chi connectivity index (χ4n) is 4.38. The third-order valence-electron chi connectivity index (χ3n) is 6.29. The molecule has 1 heterocycles. The molecule has 0 fully saturated rings. The van der Waals surface area contributed by atoms with Crippen molar-refractivity contribution in [3.05, 3.63) is 87.0 Å². The molecule has 0 saturated carbocycles. The van der Waals surface area contributed by atoms with Crippen LogP contribution < -0.4 is 16.4 Å². The monoisotopic (exact) mass is 491 g/mol. The number of rotatable bonds is 6. The van der Waals surface area contributed by atoms with Crippen LogP contribution in [0.25, 0.3) is 0 Å². The molecule has 0 bridgehead atoms. The smallest absolute Gasteiger partial charge is 0.338 e. The lowest BCUT2D eigenvalue weighted by Gasteiger charge is -2.16. The second-order valence-corrected chi connectivity index (χ2v) is 8.63. The zero-order valence-corrected chi connectivity index (χ0v) is 20.1. The van der Waals surface area contributed by atoms with E-state index in [1.807, 2.05) is 13.0 Å². The fraction of sp³-hybridized carbons (Fsp3) is 0.269. The van der Waals surface area contributed by atoms with Crippen molar-refractivity contribution < 1.29 is 23.5 Å². The zero-order chi connectivity index (χ0) is 26.0. The number of esters is 1. The van der Waals surface area contributed by atoms with Crippen molar-refractivity contribution in [2.75, 3.05) is 12.8 Å². The molecule has 10 heteroatoms. The minimum absolute atomic E-state index is 0.0402. The minimum atomic E-state index is -0.544. The number of methoxy groups -OCH3 is 1. The van der Waals surface area contributed by atoms with Crippen molar-refractivity contribution in [1.82, 2.24) is 20.6 Å². The van der Waals surface area contributed by atoms with Gasteiger partial charge in [0.15, 0.2) is 0 Å². The molecule has 186 valence electrons. The Balaban J connectivity index is 1.47. The summed E-state index contributed by atoms with van der Waals surface area (Å²) in [4.78, 5) is 45.6. The number of nitrogens with two attached hydrogens (primary N) is 1. The molecule has 0 aliphatic heterocycles. The largest absolute Gasteiger partial charge is 0.465 e. The number of aromatic nitrogens is 2. The maximum absolute atomic E-state index is 13.5. The van der Waals surface area contributed by atoms with Gasteiger partial charge in [0.2, 0.25) is 5.95 Å². The number of nitrogen functional groups attached to an aromatic ring is 1. The van der Waals surface area contributed by atoms with Crippen LogP contribution in [0, 0.1) is 19.7 Å². The van der Waals surface area contributed by atoms with E-state index in [1.54, 1.807) is 25.1 Å². The first kappa shape index (κ1) is 24.8. The average Bonchev–Trinajstić information content (AvgIpc) is 3.27. The lowest BCUT2D eigenvalue weighted by atomic mass is 9.98. The molecule has 2 aromatic carbocycles. The van der Waals surface area contributed by atoms with Crippen LogP contribution in [0.15, 0.2) is 36.4 Å². The van der Waals surface area contributed by atoms with Crippen molar-refractivity contribution in [3.63, 3.8) is 0 Å². The number of halogens is 1. The summed E-state index contributed by atoms with van der Waals surface area (Å²) in [6.45, 7) is 3.65. The van der Waals surface area contributed by atoms with Gasteiger partial charge >= 0.3 is 5.97 Å². The highest BCUT2D eigenvalue weighted by atomic mass is 19.1. The Morgan fingerprint density at radius 2 is 1.81 bits per heavy atom. The van der Waals surface area contributed by atoms with Gasteiger partial charge in [-0.1, -0.05) is 18.2 Å². The molecule has 0 spiro atoms. The summed E-state index contributed by atoms with van der Waals surface area (Å²) in [5, 5.41) is 5.63. The van der Waals surface area contributed by atoms with E-state index in [0.717, 1.165) is 16.7 Å². The van der Waals surface area contributed by atoms with Gasteiger partial charge in [-0.15, -0.1) is 0 Å². The van der Waals surface area contributed by atoms with Crippen molar-refractivity contribution in [2.24, 2.45) is 0 Å². The summed E-state index contributed by atoms with van der Waals surface area (Å²) >= 11 is 0. The number of anilines is 1. The Bertz CT molecular complexity index is 1370. The van der Waals surface area contributed by atoms with Gasteiger partial charge in [-0.2, -0.15) is 0 Å². The number of carbonyl (C=O) groups is 3. The van der Waals surface area contributed by atoms with Gasteiger partial charge in [-0.05, 0) is 66.6 Å². The summed E-state index contributed by atoms with van der Waals surface area (Å²) in [7, 11) is 1.34. The second-order valence-electron chi connectivity index (χ2n) is 8.63. The van der Waals surface area contributed by atoms with Crippen LogP contribution in [-0.4, -0.2) is 34.9 Å². The number of hydrogen-bond acceptors (Lipinski definition) is 7. The number of benzene rings is 2. The maximum Gasteiger partial charge on any atom is 0.338 e. The molecule has 1 aromatic heterocycles. The van der Waals surface area contributed by atoms with Crippen LogP contribution in [0.4, 0.5) is 10.3 Å². The second kappa shape index (κ2) is 10.1. The van der Waals surface area contributed by atoms with Crippen LogP contribution in [0.2, 0.25) is 0 Å². The lowest BCUT2D eigenvalue weighted by molar-refractivity contribution is 0.0599. The van der Waals surface area contributed by atoms with E-state index >= 15 is 0 Å². The van der Waals surface area contributed by atoms with Gasteiger partial charge in [0.1, 0.15) is 17.2 Å². The standard InChI is InChI=1S/C26H26FN5O4/c1-13-10-15(4-8-19(13)27)12-29-23(33)21-11-22(32-26(28)31-21)24(34)30-20-9-7-16-14(2)17(25(35)36-3)5-6-18(16)20/h4-6,8,10-11,20H,7,9,12H2,1-3H3,(H,29,33)(H,30,34)(H2,28,31,32)/t20-/m0/s1. The minimum Gasteiger partial charge on any atom is -0.465 e. The average molecular weight is 492 g/mol. The Hall–Kier alpha value is -4.34. The van der Waals surface area contributed by atoms with Gasteiger partial charge in [-0.3, -0.25) is 9.59 Å². The van der Waals surface area contributed by atoms with Gasteiger partial charge in [0.25, 0.3) is 11.8 Å². The third kappa shape index (κ3) is 5.02. The first-order valence-corrected chi connectivity index (χ1v) is 11.4. The highest BCUT2D eigenvalue weighted by Gasteiger charge is 2.28. The van der Waals surface area contributed by atoms with Gasteiger partial charge in [0, 0.05) is 12.6 Å². The van der Waals surface area contributed by atoms with E-state index in [-0.39, 0.29) is 35.7 Å². The van der Waals surface area contributed by atoms with Crippen molar-refractivity contribution in [1.29, 1.82) is 0 Å². The molecule has 4 N–H and O–H groups in total. The Morgan fingerprint density at radius 3 is 2.50 bits per heavy atom. The molecule has 1 aliphatic carbocycles. The number of nitrogens with one attached hydrogen (secondary N) is 2. The van der Waals surface area contributed by atoms with Crippen molar-refractivity contribution in [2.45, 2.75) is 39.3 Å². The lowest BCUT2D eigenvalue weighted by Crippen LogP contribution is -2.30. The summed E-state index contributed by atoms with van der Waals surface area (Å²) in [6.07, 6.45) is 1.34. The third-order valence-corrected chi connectivity index (χ3v) is 6.29. The van der Waals surface area contributed by atoms with E-state index in [4.69, 9.17) is 10.5 Å². The molecule has 2 amide bonds. The fourth-order valence-corrected chi connectivity index (χ4v) is 4.38. The topological polar surface area (TPSA) is 136 Å². The molecular weight excluding hydrogens is 465 g/mol. The number of nitrogens with zero attached hydrogens (tertiary/aromatic N) is 2. The van der Waals surface area contributed by atoms with Gasteiger partial charge in [0.05, 0.1) is 18.7 Å². The molecule has 9 nitrogen and oxygen atoms in total. The Labute approximate surface area is 207 Å². The molecule has 4 rings (SSSR count). The summed E-state index contributed by atoms with van der Waals surface area (Å²) in [5.41, 5.74) is 10.1. The summed E-state index contributed by atoms with van der Waals surface area (Å²) in [5.74, 6) is -1.99. The Morgan fingerprint density at radius 1 is 1.08 bits per heavy atom. The summed E-state index contributed by atoms with van der Waals surface area (Å²) < 4.78 is 18.3. The molecule has 0 radical (unpaired) electrons. The molecule has 1 atom stereocenters. The molecule has 3 aromatic rings. The van der Waals surface area contributed by atoms with Gasteiger partial charge < -0.3 is 21.1 Å². The maximum atomic E-state index is 13.5. The Kier molecular flexibility index (Phi) is 6.96. The van der Waals surface area contributed by atoms with Crippen LogP contribution in [0.5, 0.6) is 0 Å². The van der Waals surface area contributed by atoms with Crippen LogP contribution >= 0.6 is 0 Å². The SMILES string of the molecule is COC(=O)c1ccc2c(c1C)CC[C@@H]2NC(=O)c1cc(C(=O)NCc2ccc(F)c(C)c2)nc(N)n1. The van der Waals surface area contributed by atoms with Crippen molar-refractivity contribution >= 4 is 23.7 Å². The van der Waals surface area contributed by atoms with E-state index in [2.05, 4.69) is 20.6 Å². The molecule has 0 unspecified atom stereocenters. The normalized spacial score (nSPS) is 14.2. The zero-order valence-electron chi connectivity index (χ0n) is 20.1. The number of aryl methyl sites for hydroxylation is 1. The summed E-state index contributed by atoms with van der Waals surface area (Å²) in [6, 6.07) is 9.05. The number of amides is 2. The predicted molar refractivity (Wildman–Crippen MR) is 130 cm³/mol. The highest BCUT2D eigenvalue weighted by Crippen LogP contribution is 2.35. The molecule has 0 saturated heterocycles. The number of ether oxygens (including phenoxy) is 1. The molecule has 1 aliphatic rings. The predicted octanol–water partition coefficient (Wildman–Crippen LogP) is 2.95. The number of carbonyl (C=O) groups excluding carboxylic acids is 3. The first-order chi connectivity index (χ1) is 17.2. The van der Waals surface area contributed by atoms with E-state index in [9.17, 15) is 18.8 Å². The molecular formula is C26H26FN5O4. The number of hydrogen-bond donors (Lipinski definition) is 3. The van der Waals surface area contributed by atoms with Crippen LogP contribution in [-0.2, 0) is 17.7 Å². The molecule has 36 heavy (non-hydrogen) atoms. The quantitative estimate of drug-likeness (QED) is 0.451. The van der Waals surface area contributed by atoms with Crippen LogP contribution in [0.3, 0.4) is 0 Å². The van der Waals surface area contributed by atoms with Crippen molar-refractivity contribution in [3.8, 4) is 0 Å². The highest BCUT2D eigenvalue weighted by molar-refractivity contribution is 5.98. The van der Waals surface area contributed by atoms with Gasteiger partial charge in [-0.25, -0.2) is 19.2 Å². The van der Waals surface area contributed by atoms with E-state index in [0.29, 0.717) is 29.5 Å². The van der Waals surface area contributed by atoms with E-state index in [1.165, 1.54) is 19.2 Å².